The predicted octanol–water partition coefficient (Wildman–Crippen LogP) is 5.57. The van der Waals surface area contributed by atoms with Gasteiger partial charge in [0, 0.05) is 21.3 Å². The standard InChI is InChI=1S/C22H22Cl2IN5O2S/c1-11-7-15(25)8-12(2)19(11)27-18(31)10-33-22-29-28-20(30(22)4)13(3)26-21(32)16-6-5-14(23)9-17(16)24/h5-9,13H,10H2,1-4H3,(H,26,32)(H,27,31)/t13-/m0/s1. The van der Waals surface area contributed by atoms with Crippen molar-refractivity contribution in [1.82, 2.24) is 20.1 Å². The number of halogens is 3. The first kappa shape index (κ1) is 25.8. The van der Waals surface area contributed by atoms with E-state index in [-0.39, 0.29) is 22.6 Å². The molecule has 11 heteroatoms. The van der Waals surface area contributed by atoms with E-state index in [9.17, 15) is 9.59 Å². The lowest BCUT2D eigenvalue weighted by Gasteiger charge is -2.14. The molecule has 1 atom stereocenters. The number of nitrogens with one attached hydrogen (secondary N) is 2. The predicted molar refractivity (Wildman–Crippen MR) is 141 cm³/mol. The molecule has 2 N–H and O–H groups in total. The van der Waals surface area contributed by atoms with E-state index < -0.39 is 6.04 Å². The topological polar surface area (TPSA) is 88.9 Å². The fourth-order valence-electron chi connectivity index (χ4n) is 3.25. The fourth-order valence-corrected chi connectivity index (χ4v) is 5.40. The van der Waals surface area contributed by atoms with Crippen molar-refractivity contribution in [2.24, 2.45) is 7.05 Å². The van der Waals surface area contributed by atoms with Crippen LogP contribution in [0, 0.1) is 17.4 Å². The van der Waals surface area contributed by atoms with Crippen LogP contribution in [0.15, 0.2) is 35.5 Å². The van der Waals surface area contributed by atoms with Crippen molar-refractivity contribution in [3.63, 3.8) is 0 Å². The van der Waals surface area contributed by atoms with Crippen LogP contribution in [0.4, 0.5) is 5.69 Å². The first-order valence-electron chi connectivity index (χ1n) is 9.91. The van der Waals surface area contributed by atoms with Crippen LogP contribution in [-0.2, 0) is 11.8 Å². The summed E-state index contributed by atoms with van der Waals surface area (Å²) in [5.74, 6) is 0.262. The quantitative estimate of drug-likeness (QED) is 0.267. The first-order valence-corrected chi connectivity index (χ1v) is 12.7. The molecule has 1 aromatic heterocycles. The number of carbonyl (C=O) groups is 2. The number of anilines is 1. The normalized spacial score (nSPS) is 11.8. The van der Waals surface area contributed by atoms with Gasteiger partial charge in [-0.2, -0.15) is 0 Å². The molecule has 0 radical (unpaired) electrons. The molecule has 0 spiro atoms. The second-order valence-corrected chi connectivity index (χ2v) is 10.5. The Morgan fingerprint density at radius 2 is 1.82 bits per heavy atom. The summed E-state index contributed by atoms with van der Waals surface area (Å²) < 4.78 is 2.88. The smallest absolute Gasteiger partial charge is 0.253 e. The van der Waals surface area contributed by atoms with E-state index in [4.69, 9.17) is 23.2 Å². The van der Waals surface area contributed by atoms with Crippen molar-refractivity contribution in [3.05, 3.63) is 66.5 Å². The molecule has 174 valence electrons. The highest BCUT2D eigenvalue weighted by molar-refractivity contribution is 14.1. The van der Waals surface area contributed by atoms with Gasteiger partial charge in [0.05, 0.1) is 22.4 Å². The Kier molecular flexibility index (Phi) is 8.65. The number of hydrogen-bond acceptors (Lipinski definition) is 5. The number of nitrogens with zero attached hydrogens (tertiary/aromatic N) is 3. The van der Waals surface area contributed by atoms with Crippen LogP contribution in [-0.4, -0.2) is 32.3 Å². The molecule has 0 aliphatic heterocycles. The number of carbonyl (C=O) groups excluding carboxylic acids is 2. The van der Waals surface area contributed by atoms with Crippen LogP contribution in [0.3, 0.4) is 0 Å². The second-order valence-electron chi connectivity index (χ2n) is 7.47. The molecule has 0 aliphatic rings. The van der Waals surface area contributed by atoms with Gasteiger partial charge in [-0.15, -0.1) is 10.2 Å². The molecule has 2 aromatic carbocycles. The number of amides is 2. The summed E-state index contributed by atoms with van der Waals surface area (Å²) in [6.45, 7) is 5.74. The van der Waals surface area contributed by atoms with Crippen molar-refractivity contribution in [3.8, 4) is 0 Å². The van der Waals surface area contributed by atoms with Gasteiger partial charge in [0.2, 0.25) is 5.91 Å². The van der Waals surface area contributed by atoms with Gasteiger partial charge in [-0.3, -0.25) is 9.59 Å². The number of hydrogen-bond donors (Lipinski definition) is 2. The minimum Gasteiger partial charge on any atom is -0.342 e. The lowest BCUT2D eigenvalue weighted by atomic mass is 10.1. The maximum absolute atomic E-state index is 12.6. The summed E-state index contributed by atoms with van der Waals surface area (Å²) in [5.41, 5.74) is 3.19. The van der Waals surface area contributed by atoms with E-state index in [0.717, 1.165) is 20.4 Å². The van der Waals surface area contributed by atoms with Gasteiger partial charge in [-0.05, 0) is 84.8 Å². The molecule has 3 aromatic rings. The monoisotopic (exact) mass is 617 g/mol. The number of thioether (sulfide) groups is 1. The van der Waals surface area contributed by atoms with Gasteiger partial charge >= 0.3 is 0 Å². The van der Waals surface area contributed by atoms with Crippen molar-refractivity contribution in [2.75, 3.05) is 11.1 Å². The Labute approximate surface area is 220 Å². The average molecular weight is 618 g/mol. The summed E-state index contributed by atoms with van der Waals surface area (Å²) >= 11 is 15.6. The van der Waals surface area contributed by atoms with Crippen LogP contribution in [0.1, 0.15) is 40.3 Å². The summed E-state index contributed by atoms with van der Waals surface area (Å²) in [7, 11) is 1.79. The SMILES string of the molecule is Cc1cc(I)cc(C)c1NC(=O)CSc1nnc([C@H](C)NC(=O)c2ccc(Cl)cc2Cl)n1C. The molecule has 0 saturated carbocycles. The Balaban J connectivity index is 1.62. The second kappa shape index (κ2) is 11.1. The Morgan fingerprint density at radius 3 is 2.45 bits per heavy atom. The van der Waals surface area contributed by atoms with Crippen LogP contribution in [0.25, 0.3) is 0 Å². The molecule has 1 heterocycles. The molecule has 0 saturated heterocycles. The largest absolute Gasteiger partial charge is 0.342 e. The van der Waals surface area contributed by atoms with Crippen LogP contribution < -0.4 is 10.6 Å². The zero-order valence-electron chi connectivity index (χ0n) is 18.4. The molecule has 0 bridgehead atoms. The third-order valence-corrected chi connectivity index (χ3v) is 7.06. The van der Waals surface area contributed by atoms with Crippen molar-refractivity contribution in [2.45, 2.75) is 32.0 Å². The summed E-state index contributed by atoms with van der Waals surface area (Å²) in [5, 5.41) is 15.5. The van der Waals surface area contributed by atoms with E-state index >= 15 is 0 Å². The minimum atomic E-state index is -0.429. The summed E-state index contributed by atoms with van der Waals surface area (Å²) in [6, 6.07) is 8.32. The number of benzene rings is 2. The first-order chi connectivity index (χ1) is 15.6. The summed E-state index contributed by atoms with van der Waals surface area (Å²) in [4.78, 5) is 25.1. The third kappa shape index (κ3) is 6.40. The van der Waals surface area contributed by atoms with Gasteiger partial charge in [0.1, 0.15) is 0 Å². The van der Waals surface area contributed by atoms with Crippen molar-refractivity contribution < 1.29 is 9.59 Å². The van der Waals surface area contributed by atoms with Gasteiger partial charge in [0.25, 0.3) is 5.91 Å². The zero-order valence-corrected chi connectivity index (χ0v) is 22.9. The molecular weight excluding hydrogens is 596 g/mol. The van der Waals surface area contributed by atoms with E-state index in [1.807, 2.05) is 26.0 Å². The Morgan fingerprint density at radius 1 is 1.15 bits per heavy atom. The number of aromatic nitrogens is 3. The summed E-state index contributed by atoms with van der Waals surface area (Å²) in [6.07, 6.45) is 0. The van der Waals surface area contributed by atoms with Gasteiger partial charge in [-0.1, -0.05) is 35.0 Å². The Hall–Kier alpha value is -1.82. The number of rotatable bonds is 7. The van der Waals surface area contributed by atoms with Gasteiger partial charge < -0.3 is 15.2 Å². The maximum atomic E-state index is 12.6. The molecule has 0 unspecified atom stereocenters. The highest BCUT2D eigenvalue weighted by atomic mass is 127. The van der Waals surface area contributed by atoms with E-state index in [2.05, 4.69) is 43.4 Å². The number of aryl methyl sites for hydroxylation is 2. The lowest BCUT2D eigenvalue weighted by Crippen LogP contribution is -2.28. The molecule has 7 nitrogen and oxygen atoms in total. The molecule has 0 aliphatic carbocycles. The highest BCUT2D eigenvalue weighted by Crippen LogP contribution is 2.25. The van der Waals surface area contributed by atoms with E-state index in [1.165, 1.54) is 17.8 Å². The molecule has 33 heavy (non-hydrogen) atoms. The fraction of sp³-hybridized carbons (Fsp3) is 0.273. The third-order valence-electron chi connectivity index (χ3n) is 4.87. The minimum absolute atomic E-state index is 0.129. The van der Waals surface area contributed by atoms with Gasteiger partial charge in [0.15, 0.2) is 11.0 Å². The van der Waals surface area contributed by atoms with E-state index in [0.29, 0.717) is 21.6 Å². The molecule has 0 fully saturated rings. The molecular formula is C22H22Cl2IN5O2S. The molecule has 2 amide bonds. The van der Waals surface area contributed by atoms with Crippen LogP contribution in [0.2, 0.25) is 10.0 Å². The van der Waals surface area contributed by atoms with Gasteiger partial charge in [-0.25, -0.2) is 0 Å². The van der Waals surface area contributed by atoms with Crippen LogP contribution >= 0.6 is 57.6 Å². The highest BCUT2D eigenvalue weighted by Gasteiger charge is 2.20. The maximum Gasteiger partial charge on any atom is 0.253 e. The van der Waals surface area contributed by atoms with Crippen LogP contribution in [0.5, 0.6) is 0 Å². The van der Waals surface area contributed by atoms with Crippen molar-refractivity contribution >= 4 is 75.1 Å². The van der Waals surface area contributed by atoms with Crippen molar-refractivity contribution in [1.29, 1.82) is 0 Å². The zero-order chi connectivity index (χ0) is 24.3. The Bertz CT molecular complexity index is 1190. The average Bonchev–Trinajstić information content (AvgIpc) is 3.09. The lowest BCUT2D eigenvalue weighted by molar-refractivity contribution is -0.113. The molecule has 3 rings (SSSR count). The van der Waals surface area contributed by atoms with E-state index in [1.54, 1.807) is 30.7 Å².